The third-order valence-electron chi connectivity index (χ3n) is 1.87. The minimum Gasteiger partial charge on any atom is -0.495 e. The van der Waals surface area contributed by atoms with Crippen molar-refractivity contribution in [3.63, 3.8) is 0 Å². The van der Waals surface area contributed by atoms with Crippen LogP contribution in [-0.4, -0.2) is 26.2 Å². The lowest BCUT2D eigenvalue weighted by Gasteiger charge is -2.07. The number of carbonyl (C=O) groups is 1. The lowest BCUT2D eigenvalue weighted by Crippen LogP contribution is -2.18. The molecular formula is C11H14ClNO3. The van der Waals surface area contributed by atoms with Gasteiger partial charge in [-0.1, -0.05) is 11.6 Å². The molecule has 0 radical (unpaired) electrons. The third kappa shape index (κ3) is 3.72. The van der Waals surface area contributed by atoms with Crippen molar-refractivity contribution >= 4 is 23.2 Å². The third-order valence-corrected chi connectivity index (χ3v) is 2.17. The summed E-state index contributed by atoms with van der Waals surface area (Å²) in [5.74, 6) is 0.368. The lowest BCUT2D eigenvalue weighted by molar-refractivity contribution is -0.120. The molecule has 0 aliphatic rings. The highest BCUT2D eigenvalue weighted by Crippen LogP contribution is 2.27. The van der Waals surface area contributed by atoms with E-state index in [1.807, 2.05) is 6.92 Å². The molecule has 0 saturated heterocycles. The predicted octanol–water partition coefficient (Wildman–Crippen LogP) is 2.32. The highest BCUT2D eigenvalue weighted by molar-refractivity contribution is 6.32. The first-order valence-corrected chi connectivity index (χ1v) is 5.26. The van der Waals surface area contributed by atoms with Crippen LogP contribution < -0.4 is 10.1 Å². The van der Waals surface area contributed by atoms with E-state index in [9.17, 15) is 4.79 Å². The molecule has 1 N–H and O–H groups in total. The highest BCUT2D eigenvalue weighted by Gasteiger charge is 2.05. The number of nitrogens with one attached hydrogen (secondary N) is 1. The highest BCUT2D eigenvalue weighted by atomic mass is 35.5. The topological polar surface area (TPSA) is 47.6 Å². The van der Waals surface area contributed by atoms with Crippen LogP contribution in [0.5, 0.6) is 5.75 Å². The maximum atomic E-state index is 11.3. The number of methoxy groups -OCH3 is 1. The molecule has 5 heteroatoms. The Balaban J connectivity index is 2.61. The molecule has 0 aliphatic carbocycles. The van der Waals surface area contributed by atoms with Crippen molar-refractivity contribution in [2.45, 2.75) is 6.92 Å². The second-order valence-electron chi connectivity index (χ2n) is 3.03. The maximum Gasteiger partial charge on any atom is 0.250 e. The molecular weight excluding hydrogens is 230 g/mol. The Kier molecular flexibility index (Phi) is 5.08. The van der Waals surface area contributed by atoms with Crippen molar-refractivity contribution in [2.24, 2.45) is 0 Å². The number of anilines is 1. The molecule has 0 unspecified atom stereocenters. The van der Waals surface area contributed by atoms with Gasteiger partial charge >= 0.3 is 0 Å². The lowest BCUT2D eigenvalue weighted by atomic mass is 10.3. The van der Waals surface area contributed by atoms with Crippen molar-refractivity contribution in [2.75, 3.05) is 25.6 Å². The summed E-state index contributed by atoms with van der Waals surface area (Å²) in [7, 11) is 1.54. The van der Waals surface area contributed by atoms with E-state index in [0.717, 1.165) is 0 Å². The molecule has 4 nitrogen and oxygen atoms in total. The van der Waals surface area contributed by atoms with Crippen molar-refractivity contribution in [1.29, 1.82) is 0 Å². The Morgan fingerprint density at radius 3 is 2.81 bits per heavy atom. The van der Waals surface area contributed by atoms with E-state index >= 15 is 0 Å². The zero-order valence-electron chi connectivity index (χ0n) is 9.25. The Morgan fingerprint density at radius 2 is 2.25 bits per heavy atom. The van der Waals surface area contributed by atoms with Gasteiger partial charge in [-0.2, -0.15) is 0 Å². The van der Waals surface area contributed by atoms with Crippen molar-refractivity contribution in [1.82, 2.24) is 0 Å². The molecule has 1 aromatic carbocycles. The smallest absolute Gasteiger partial charge is 0.250 e. The van der Waals surface area contributed by atoms with Crippen LogP contribution in [0.4, 0.5) is 5.69 Å². The molecule has 0 fully saturated rings. The number of amides is 1. The fourth-order valence-corrected chi connectivity index (χ4v) is 1.39. The van der Waals surface area contributed by atoms with Crippen LogP contribution in [0.15, 0.2) is 18.2 Å². The summed E-state index contributed by atoms with van der Waals surface area (Å²) in [4.78, 5) is 11.3. The van der Waals surface area contributed by atoms with E-state index in [1.165, 1.54) is 7.11 Å². The largest absolute Gasteiger partial charge is 0.495 e. The monoisotopic (exact) mass is 243 g/mol. The summed E-state index contributed by atoms with van der Waals surface area (Å²) in [5.41, 5.74) is 0.621. The number of carbonyl (C=O) groups excluding carboxylic acids is 1. The van der Waals surface area contributed by atoms with E-state index < -0.39 is 0 Å². The molecule has 88 valence electrons. The van der Waals surface area contributed by atoms with Gasteiger partial charge in [0.2, 0.25) is 5.91 Å². The van der Waals surface area contributed by atoms with Crippen molar-refractivity contribution in [3.05, 3.63) is 23.2 Å². The molecule has 1 aromatic rings. The standard InChI is InChI=1S/C11H14ClNO3/c1-3-16-7-11(14)13-8-4-5-10(15-2)9(12)6-8/h4-6H,3,7H2,1-2H3,(H,13,14). The summed E-state index contributed by atoms with van der Waals surface area (Å²) < 4.78 is 9.97. The SMILES string of the molecule is CCOCC(=O)Nc1ccc(OC)c(Cl)c1. The second kappa shape index (κ2) is 6.35. The van der Waals surface area contributed by atoms with Gasteiger partial charge in [-0.3, -0.25) is 4.79 Å². The van der Waals surface area contributed by atoms with Gasteiger partial charge in [0, 0.05) is 12.3 Å². The molecule has 0 bridgehead atoms. The Morgan fingerprint density at radius 1 is 1.50 bits per heavy atom. The van der Waals surface area contributed by atoms with Crippen LogP contribution >= 0.6 is 11.6 Å². The summed E-state index contributed by atoms with van der Waals surface area (Å²) in [6.07, 6.45) is 0. The minimum absolute atomic E-state index is 0.0418. The van der Waals surface area contributed by atoms with Crippen LogP contribution in [0, 0.1) is 0 Å². The van der Waals surface area contributed by atoms with E-state index in [4.69, 9.17) is 21.1 Å². The molecule has 0 spiro atoms. The normalized spacial score (nSPS) is 9.94. The number of rotatable bonds is 5. The summed E-state index contributed by atoms with van der Waals surface area (Å²) in [6.45, 7) is 2.38. The molecule has 1 amide bonds. The van der Waals surface area contributed by atoms with Crippen LogP contribution in [0.3, 0.4) is 0 Å². The van der Waals surface area contributed by atoms with Crippen LogP contribution in [0.25, 0.3) is 0 Å². The Labute approximate surface area is 99.5 Å². The average molecular weight is 244 g/mol. The van der Waals surface area contributed by atoms with Gasteiger partial charge in [0.15, 0.2) is 0 Å². The first kappa shape index (κ1) is 12.8. The van der Waals surface area contributed by atoms with E-state index in [2.05, 4.69) is 5.32 Å². The zero-order valence-corrected chi connectivity index (χ0v) is 10.0. The first-order valence-electron chi connectivity index (χ1n) is 4.88. The van der Waals surface area contributed by atoms with Gasteiger partial charge in [-0.15, -0.1) is 0 Å². The molecule has 0 heterocycles. The van der Waals surface area contributed by atoms with E-state index in [1.54, 1.807) is 18.2 Å². The van der Waals surface area contributed by atoms with Gasteiger partial charge in [-0.05, 0) is 25.1 Å². The first-order chi connectivity index (χ1) is 7.67. The predicted molar refractivity (Wildman–Crippen MR) is 63.1 cm³/mol. The molecule has 0 saturated carbocycles. The second-order valence-corrected chi connectivity index (χ2v) is 3.44. The summed E-state index contributed by atoms with van der Waals surface area (Å²) in [6, 6.07) is 5.04. The van der Waals surface area contributed by atoms with E-state index in [-0.39, 0.29) is 12.5 Å². The number of halogens is 1. The zero-order chi connectivity index (χ0) is 12.0. The quantitative estimate of drug-likeness (QED) is 0.864. The molecule has 0 aliphatic heterocycles. The average Bonchev–Trinajstić information content (AvgIpc) is 2.26. The summed E-state index contributed by atoms with van der Waals surface area (Å²) >= 11 is 5.91. The van der Waals surface area contributed by atoms with Crippen LogP contribution in [0.1, 0.15) is 6.92 Å². The van der Waals surface area contributed by atoms with Crippen molar-refractivity contribution < 1.29 is 14.3 Å². The van der Waals surface area contributed by atoms with E-state index in [0.29, 0.717) is 23.1 Å². The molecule has 16 heavy (non-hydrogen) atoms. The van der Waals surface area contributed by atoms with Gasteiger partial charge in [0.25, 0.3) is 0 Å². The van der Waals surface area contributed by atoms with Gasteiger partial charge in [0.05, 0.1) is 12.1 Å². The number of hydrogen-bond donors (Lipinski definition) is 1. The van der Waals surface area contributed by atoms with Crippen LogP contribution in [0.2, 0.25) is 5.02 Å². The Hall–Kier alpha value is -1.26. The fraction of sp³-hybridized carbons (Fsp3) is 0.364. The number of hydrogen-bond acceptors (Lipinski definition) is 3. The number of benzene rings is 1. The minimum atomic E-state index is -0.205. The van der Waals surface area contributed by atoms with Gasteiger partial charge in [-0.25, -0.2) is 0 Å². The fourth-order valence-electron chi connectivity index (χ4n) is 1.14. The number of ether oxygens (including phenoxy) is 2. The Bertz CT molecular complexity index is 368. The molecule has 1 rings (SSSR count). The maximum absolute atomic E-state index is 11.3. The molecule has 0 aromatic heterocycles. The van der Waals surface area contributed by atoms with Crippen LogP contribution in [-0.2, 0) is 9.53 Å². The molecule has 0 atom stereocenters. The van der Waals surface area contributed by atoms with Gasteiger partial charge in [0.1, 0.15) is 12.4 Å². The summed E-state index contributed by atoms with van der Waals surface area (Å²) in [5, 5.41) is 3.12. The van der Waals surface area contributed by atoms with Crippen molar-refractivity contribution in [3.8, 4) is 5.75 Å². The van der Waals surface area contributed by atoms with Gasteiger partial charge < -0.3 is 14.8 Å².